The second-order valence-electron chi connectivity index (χ2n) is 4.90. The lowest BCUT2D eigenvalue weighted by atomic mass is 10.0. The second-order valence-corrected chi connectivity index (χ2v) is 5.16. The van der Waals surface area contributed by atoms with Crippen LogP contribution in [-0.2, 0) is 12.1 Å². The average Bonchev–Trinajstić information content (AvgIpc) is 2.53. The molecule has 0 aliphatic heterocycles. The minimum absolute atomic E-state index is 0.0953. The Hall–Kier alpha value is -2.34. The normalized spacial score (nSPS) is 11.8. The van der Waals surface area contributed by atoms with Gasteiger partial charge in [-0.3, -0.25) is 0 Å². The van der Waals surface area contributed by atoms with Gasteiger partial charge < -0.3 is 5.21 Å². The topological polar surface area (TPSA) is 39.8 Å². The van der Waals surface area contributed by atoms with Gasteiger partial charge in [-0.15, -0.1) is 11.6 Å². The summed E-state index contributed by atoms with van der Waals surface area (Å²) in [6, 6.07) is 11.4. The third-order valence-electron chi connectivity index (χ3n) is 3.45. The highest BCUT2D eigenvalue weighted by molar-refractivity contribution is 6.16. The molecule has 0 unspecified atom stereocenters. The molecule has 118 valence electrons. The Morgan fingerprint density at radius 2 is 1.70 bits per heavy atom. The molecule has 0 atom stereocenters. The lowest BCUT2D eigenvalue weighted by Gasteiger charge is -2.14. The van der Waals surface area contributed by atoms with E-state index in [9.17, 15) is 18.4 Å². The molecular formula is C16H10ClF3N2O. The van der Waals surface area contributed by atoms with Crippen molar-refractivity contribution in [1.82, 2.24) is 4.98 Å². The van der Waals surface area contributed by atoms with Gasteiger partial charge in [0.15, 0.2) is 5.52 Å². The number of hydrogen-bond acceptors (Lipinski definition) is 2. The molecule has 0 aliphatic rings. The lowest BCUT2D eigenvalue weighted by Crippen LogP contribution is -2.35. The van der Waals surface area contributed by atoms with Gasteiger partial charge in [0.1, 0.15) is 11.6 Å². The number of alkyl halides is 4. The van der Waals surface area contributed by atoms with Gasteiger partial charge in [0, 0.05) is 5.56 Å². The van der Waals surface area contributed by atoms with Crippen LogP contribution in [0, 0.1) is 5.21 Å². The average molecular weight is 339 g/mol. The molecule has 3 nitrogen and oxygen atoms in total. The van der Waals surface area contributed by atoms with E-state index in [0.29, 0.717) is 21.2 Å². The van der Waals surface area contributed by atoms with E-state index in [2.05, 4.69) is 4.98 Å². The predicted molar refractivity (Wildman–Crippen MR) is 80.7 cm³/mol. The number of para-hydroxylation sites is 1. The van der Waals surface area contributed by atoms with Crippen molar-refractivity contribution in [2.24, 2.45) is 0 Å². The molecule has 0 saturated heterocycles. The van der Waals surface area contributed by atoms with E-state index in [4.69, 9.17) is 11.6 Å². The minimum Gasteiger partial charge on any atom is -0.710 e. The van der Waals surface area contributed by atoms with Gasteiger partial charge >= 0.3 is 12.0 Å². The molecule has 0 amide bonds. The van der Waals surface area contributed by atoms with Gasteiger partial charge in [0.25, 0.3) is 0 Å². The van der Waals surface area contributed by atoms with Gasteiger partial charge in [0.05, 0.1) is 10.9 Å². The number of fused-ring (bicyclic) bond motifs is 1. The molecule has 3 aromatic rings. The first-order valence-electron chi connectivity index (χ1n) is 6.66. The SMILES string of the molecule is [O-][n+]1c(CCl)nc2ccccc2c1-c1ccc(C(F)(F)F)cc1. The first-order chi connectivity index (χ1) is 10.9. The number of aromatic nitrogens is 2. The fourth-order valence-electron chi connectivity index (χ4n) is 2.37. The zero-order valence-corrected chi connectivity index (χ0v) is 12.4. The van der Waals surface area contributed by atoms with E-state index < -0.39 is 11.7 Å². The van der Waals surface area contributed by atoms with Crippen LogP contribution in [0.4, 0.5) is 13.2 Å². The predicted octanol–water partition coefficient (Wildman–Crippen LogP) is 4.29. The van der Waals surface area contributed by atoms with Crippen LogP contribution in [0.25, 0.3) is 22.2 Å². The fraction of sp³-hybridized carbons (Fsp3) is 0.125. The number of hydrogen-bond donors (Lipinski definition) is 0. The van der Waals surface area contributed by atoms with E-state index in [1.54, 1.807) is 24.3 Å². The standard InChI is InChI=1S/C16H10ClF3N2O/c17-9-14-21-13-4-2-1-3-12(13)15(22(14)23)10-5-7-11(8-6-10)16(18,19)20/h1-8H,9H2. The number of benzene rings is 2. The first kappa shape index (κ1) is 15.6. The Bertz CT molecular complexity index is 864. The van der Waals surface area contributed by atoms with Gasteiger partial charge in [-0.25, -0.2) is 4.73 Å². The summed E-state index contributed by atoms with van der Waals surface area (Å²) in [5, 5.41) is 13.0. The highest BCUT2D eigenvalue weighted by Gasteiger charge is 2.30. The maximum Gasteiger partial charge on any atom is 0.416 e. The molecule has 1 heterocycles. The molecular weight excluding hydrogens is 329 g/mol. The summed E-state index contributed by atoms with van der Waals surface area (Å²) in [4.78, 5) is 4.17. The molecule has 0 N–H and O–H groups in total. The summed E-state index contributed by atoms with van der Waals surface area (Å²) in [6.45, 7) is 0. The van der Waals surface area contributed by atoms with Crippen LogP contribution in [0.2, 0.25) is 0 Å². The van der Waals surface area contributed by atoms with Gasteiger partial charge in [0.2, 0.25) is 0 Å². The zero-order valence-electron chi connectivity index (χ0n) is 11.6. The van der Waals surface area contributed by atoms with Crippen LogP contribution in [0.5, 0.6) is 0 Å². The molecule has 0 fully saturated rings. The Balaban J connectivity index is 2.24. The van der Waals surface area contributed by atoms with Crippen molar-refractivity contribution >= 4 is 22.5 Å². The third-order valence-corrected chi connectivity index (χ3v) is 3.69. The molecule has 3 rings (SSSR count). The summed E-state index contributed by atoms with van der Waals surface area (Å²) < 4.78 is 38.6. The Labute approximate surface area is 134 Å². The molecule has 0 bridgehead atoms. The molecule has 23 heavy (non-hydrogen) atoms. The van der Waals surface area contributed by atoms with E-state index >= 15 is 0 Å². The smallest absolute Gasteiger partial charge is 0.416 e. The summed E-state index contributed by atoms with van der Waals surface area (Å²) in [7, 11) is 0. The van der Waals surface area contributed by atoms with Gasteiger partial charge in [-0.2, -0.15) is 13.2 Å². The van der Waals surface area contributed by atoms with Crippen LogP contribution in [0.3, 0.4) is 0 Å². The minimum atomic E-state index is -4.42. The van der Waals surface area contributed by atoms with Crippen LogP contribution < -0.4 is 4.73 Å². The van der Waals surface area contributed by atoms with Crippen molar-refractivity contribution in [3.63, 3.8) is 0 Å². The van der Waals surface area contributed by atoms with Gasteiger partial charge in [-0.1, -0.05) is 24.3 Å². The van der Waals surface area contributed by atoms with Crippen LogP contribution >= 0.6 is 11.6 Å². The number of rotatable bonds is 2. The van der Waals surface area contributed by atoms with E-state index in [1.807, 2.05) is 0 Å². The number of nitrogens with zero attached hydrogens (tertiary/aromatic N) is 2. The maximum atomic E-state index is 12.7. The largest absolute Gasteiger partial charge is 0.710 e. The summed E-state index contributed by atoms with van der Waals surface area (Å²) in [5.74, 6) is 0.00220. The Morgan fingerprint density at radius 3 is 2.30 bits per heavy atom. The molecule has 0 radical (unpaired) electrons. The van der Waals surface area contributed by atoms with E-state index in [-0.39, 0.29) is 17.4 Å². The van der Waals surface area contributed by atoms with Crippen molar-refractivity contribution in [2.45, 2.75) is 12.1 Å². The van der Waals surface area contributed by atoms with Crippen LogP contribution in [-0.4, -0.2) is 4.98 Å². The summed E-state index contributed by atoms with van der Waals surface area (Å²) in [6.07, 6.45) is -4.42. The lowest BCUT2D eigenvalue weighted by molar-refractivity contribution is -0.603. The van der Waals surface area contributed by atoms with E-state index in [0.717, 1.165) is 12.1 Å². The first-order valence-corrected chi connectivity index (χ1v) is 7.20. The molecule has 1 aromatic heterocycles. The van der Waals surface area contributed by atoms with E-state index in [1.165, 1.54) is 12.1 Å². The highest BCUT2D eigenvalue weighted by Crippen LogP contribution is 2.31. The Kier molecular flexibility index (Phi) is 3.85. The molecule has 0 saturated carbocycles. The van der Waals surface area contributed by atoms with Crippen molar-refractivity contribution in [3.8, 4) is 11.3 Å². The van der Waals surface area contributed by atoms with Crippen LogP contribution in [0.1, 0.15) is 11.4 Å². The molecule has 0 spiro atoms. The second kappa shape index (κ2) is 5.70. The highest BCUT2D eigenvalue weighted by atomic mass is 35.5. The molecule has 7 heteroatoms. The zero-order chi connectivity index (χ0) is 16.6. The Morgan fingerprint density at radius 1 is 1.04 bits per heavy atom. The maximum absolute atomic E-state index is 12.7. The van der Waals surface area contributed by atoms with Crippen molar-refractivity contribution in [2.75, 3.05) is 0 Å². The fourth-order valence-corrected chi connectivity index (χ4v) is 2.54. The quantitative estimate of drug-likeness (QED) is 0.397. The summed E-state index contributed by atoms with van der Waals surface area (Å²) in [5.41, 5.74) is 0.401. The van der Waals surface area contributed by atoms with Crippen LogP contribution in [0.15, 0.2) is 48.5 Å². The number of halogens is 4. The summed E-state index contributed by atoms with van der Waals surface area (Å²) >= 11 is 5.74. The van der Waals surface area contributed by atoms with Gasteiger partial charge in [-0.05, 0) is 29.2 Å². The third kappa shape index (κ3) is 2.82. The van der Waals surface area contributed by atoms with Crippen molar-refractivity contribution in [3.05, 3.63) is 65.1 Å². The van der Waals surface area contributed by atoms with Crippen molar-refractivity contribution in [1.29, 1.82) is 0 Å². The van der Waals surface area contributed by atoms with Crippen molar-refractivity contribution < 1.29 is 17.9 Å². The monoisotopic (exact) mass is 338 g/mol. The molecule has 0 aliphatic carbocycles. The molecule has 2 aromatic carbocycles.